The third-order valence-corrected chi connectivity index (χ3v) is 6.22. The monoisotopic (exact) mass is 452 g/mol. The molecule has 0 bridgehead atoms. The maximum absolute atomic E-state index is 13.0. The Hall–Kier alpha value is -1.69. The summed E-state index contributed by atoms with van der Waals surface area (Å²) < 4.78 is 0. The first-order valence-electron chi connectivity index (χ1n) is 9.55. The summed E-state index contributed by atoms with van der Waals surface area (Å²) in [5, 5.41) is 3.75. The molecule has 1 N–H and O–H groups in total. The Balaban J connectivity index is 2.05. The molecule has 7 heteroatoms. The van der Waals surface area contributed by atoms with E-state index in [0.29, 0.717) is 34.3 Å². The topological polar surface area (TPSA) is 49.4 Å². The van der Waals surface area contributed by atoms with Gasteiger partial charge in [-0.05, 0) is 31.5 Å². The van der Waals surface area contributed by atoms with Crippen LogP contribution in [0.15, 0.2) is 48.5 Å². The molecule has 0 unspecified atom stereocenters. The standard InChI is InChI=1S/C22H26Cl2N2O2S/c1-3-25-22(28)16(2)26(14-18-19(23)10-7-11-20(18)24)21(27)12-13-29-15-17-8-5-4-6-9-17/h4-11,16H,3,12-15H2,1-2H3,(H,25,28)/t16-/m0/s1. The summed E-state index contributed by atoms with van der Waals surface area (Å²) in [5.41, 5.74) is 1.87. The lowest BCUT2D eigenvalue weighted by Crippen LogP contribution is -2.47. The Morgan fingerprint density at radius 3 is 2.34 bits per heavy atom. The molecule has 0 heterocycles. The number of amides is 2. The van der Waals surface area contributed by atoms with E-state index >= 15 is 0 Å². The number of carbonyl (C=O) groups is 2. The van der Waals surface area contributed by atoms with Crippen LogP contribution in [0.4, 0.5) is 0 Å². The summed E-state index contributed by atoms with van der Waals surface area (Å²) in [7, 11) is 0. The zero-order chi connectivity index (χ0) is 21.2. The predicted molar refractivity (Wildman–Crippen MR) is 122 cm³/mol. The molecule has 0 spiro atoms. The van der Waals surface area contributed by atoms with E-state index < -0.39 is 6.04 Å². The van der Waals surface area contributed by atoms with Gasteiger partial charge in [0.25, 0.3) is 0 Å². The third-order valence-electron chi connectivity index (χ3n) is 4.48. The summed E-state index contributed by atoms with van der Waals surface area (Å²) in [5.74, 6) is 1.22. The molecule has 0 fully saturated rings. The molecule has 0 aliphatic carbocycles. The highest BCUT2D eigenvalue weighted by Gasteiger charge is 2.26. The lowest BCUT2D eigenvalue weighted by Gasteiger charge is -2.29. The van der Waals surface area contributed by atoms with E-state index in [0.717, 1.165) is 5.75 Å². The third kappa shape index (κ3) is 7.25. The Morgan fingerprint density at radius 2 is 1.72 bits per heavy atom. The average Bonchev–Trinajstić information content (AvgIpc) is 2.71. The number of rotatable bonds is 10. The van der Waals surface area contributed by atoms with Gasteiger partial charge in [-0.3, -0.25) is 9.59 Å². The molecule has 156 valence electrons. The lowest BCUT2D eigenvalue weighted by molar-refractivity contribution is -0.140. The van der Waals surface area contributed by atoms with Crippen LogP contribution in [0.5, 0.6) is 0 Å². The number of hydrogen-bond donors (Lipinski definition) is 1. The highest BCUT2D eigenvalue weighted by atomic mass is 35.5. The molecule has 1 atom stereocenters. The van der Waals surface area contributed by atoms with E-state index in [1.54, 1.807) is 41.8 Å². The Kier molecular flexibility index (Phi) is 9.85. The molecule has 0 saturated heterocycles. The lowest BCUT2D eigenvalue weighted by atomic mass is 10.1. The van der Waals surface area contributed by atoms with Crippen LogP contribution in [0.3, 0.4) is 0 Å². The summed E-state index contributed by atoms with van der Waals surface area (Å²) in [4.78, 5) is 26.9. The number of thioether (sulfide) groups is 1. The molecule has 0 radical (unpaired) electrons. The van der Waals surface area contributed by atoms with Crippen LogP contribution in [0.2, 0.25) is 10.0 Å². The van der Waals surface area contributed by atoms with Crippen molar-refractivity contribution in [2.75, 3.05) is 12.3 Å². The molecule has 0 aliphatic rings. The van der Waals surface area contributed by atoms with Crippen LogP contribution in [-0.2, 0) is 21.9 Å². The van der Waals surface area contributed by atoms with E-state index in [-0.39, 0.29) is 18.4 Å². The number of benzene rings is 2. The summed E-state index contributed by atoms with van der Waals surface area (Å²) in [6, 6.07) is 14.7. The highest BCUT2D eigenvalue weighted by Crippen LogP contribution is 2.27. The van der Waals surface area contributed by atoms with Crippen molar-refractivity contribution >= 4 is 46.8 Å². The van der Waals surface area contributed by atoms with Gasteiger partial charge in [-0.25, -0.2) is 0 Å². The largest absolute Gasteiger partial charge is 0.355 e. The molecule has 0 aromatic heterocycles. The van der Waals surface area contributed by atoms with Crippen molar-refractivity contribution in [3.05, 3.63) is 69.7 Å². The molecule has 2 aromatic rings. The van der Waals surface area contributed by atoms with Crippen molar-refractivity contribution in [2.45, 2.75) is 38.6 Å². The van der Waals surface area contributed by atoms with Gasteiger partial charge in [0.2, 0.25) is 11.8 Å². The summed E-state index contributed by atoms with van der Waals surface area (Å²) in [6.45, 7) is 4.27. The van der Waals surface area contributed by atoms with Gasteiger partial charge < -0.3 is 10.2 Å². The zero-order valence-electron chi connectivity index (χ0n) is 16.7. The molecule has 0 saturated carbocycles. The maximum Gasteiger partial charge on any atom is 0.242 e. The van der Waals surface area contributed by atoms with E-state index in [9.17, 15) is 9.59 Å². The first kappa shape index (κ1) is 23.6. The van der Waals surface area contributed by atoms with Crippen LogP contribution in [0.25, 0.3) is 0 Å². The fourth-order valence-corrected chi connectivity index (χ4v) is 4.23. The summed E-state index contributed by atoms with van der Waals surface area (Å²) >= 11 is 14.3. The van der Waals surface area contributed by atoms with Crippen LogP contribution < -0.4 is 5.32 Å². The van der Waals surface area contributed by atoms with Gasteiger partial charge in [0.05, 0.1) is 0 Å². The molecule has 2 rings (SSSR count). The van der Waals surface area contributed by atoms with E-state index in [1.165, 1.54) is 5.56 Å². The molecule has 0 aliphatic heterocycles. The Morgan fingerprint density at radius 1 is 1.07 bits per heavy atom. The van der Waals surface area contributed by atoms with Gasteiger partial charge in [-0.15, -0.1) is 0 Å². The average molecular weight is 453 g/mol. The fraction of sp³-hybridized carbons (Fsp3) is 0.364. The zero-order valence-corrected chi connectivity index (χ0v) is 19.0. The number of likely N-dealkylation sites (N-methyl/N-ethyl adjacent to an activating group) is 1. The maximum atomic E-state index is 13.0. The first-order valence-corrected chi connectivity index (χ1v) is 11.5. The fourth-order valence-electron chi connectivity index (χ4n) is 2.83. The van der Waals surface area contributed by atoms with Crippen molar-refractivity contribution in [3.8, 4) is 0 Å². The smallest absolute Gasteiger partial charge is 0.242 e. The highest BCUT2D eigenvalue weighted by molar-refractivity contribution is 7.98. The number of carbonyl (C=O) groups excluding carboxylic acids is 2. The SMILES string of the molecule is CCNC(=O)[C@H](C)N(Cc1c(Cl)cccc1Cl)C(=O)CCSCc1ccccc1. The second-order valence-electron chi connectivity index (χ2n) is 6.58. The van der Waals surface area contributed by atoms with Gasteiger partial charge in [-0.1, -0.05) is 59.6 Å². The minimum atomic E-state index is -0.617. The van der Waals surface area contributed by atoms with Crippen LogP contribution in [0.1, 0.15) is 31.4 Å². The van der Waals surface area contributed by atoms with Gasteiger partial charge in [0.15, 0.2) is 0 Å². The number of hydrogen-bond acceptors (Lipinski definition) is 3. The second-order valence-corrected chi connectivity index (χ2v) is 8.50. The van der Waals surface area contributed by atoms with E-state index in [2.05, 4.69) is 17.4 Å². The molecule has 29 heavy (non-hydrogen) atoms. The van der Waals surface area contributed by atoms with Crippen molar-refractivity contribution in [3.63, 3.8) is 0 Å². The van der Waals surface area contributed by atoms with Crippen LogP contribution in [-0.4, -0.2) is 35.1 Å². The molecular formula is C22H26Cl2N2O2S. The minimum Gasteiger partial charge on any atom is -0.355 e. The Bertz CT molecular complexity index is 797. The van der Waals surface area contributed by atoms with Gasteiger partial charge >= 0.3 is 0 Å². The molecule has 2 aromatic carbocycles. The normalized spacial score (nSPS) is 11.7. The number of halogens is 2. The van der Waals surface area contributed by atoms with Crippen molar-refractivity contribution in [2.24, 2.45) is 0 Å². The van der Waals surface area contributed by atoms with Crippen LogP contribution in [0, 0.1) is 0 Å². The van der Waals surface area contributed by atoms with Crippen molar-refractivity contribution < 1.29 is 9.59 Å². The van der Waals surface area contributed by atoms with E-state index in [1.807, 2.05) is 25.1 Å². The second kappa shape index (κ2) is 12.1. The number of nitrogens with one attached hydrogen (secondary N) is 1. The van der Waals surface area contributed by atoms with Gasteiger partial charge in [0.1, 0.15) is 6.04 Å². The van der Waals surface area contributed by atoms with Crippen LogP contribution >= 0.6 is 35.0 Å². The predicted octanol–water partition coefficient (Wildman–Crippen LogP) is 5.17. The quantitative estimate of drug-likeness (QED) is 0.505. The van der Waals surface area contributed by atoms with Gasteiger partial charge in [0, 0.05) is 46.6 Å². The first-order chi connectivity index (χ1) is 13.9. The summed E-state index contributed by atoms with van der Waals surface area (Å²) in [6.07, 6.45) is 0.337. The van der Waals surface area contributed by atoms with Gasteiger partial charge in [-0.2, -0.15) is 11.8 Å². The van der Waals surface area contributed by atoms with E-state index in [4.69, 9.17) is 23.2 Å². The molecule has 2 amide bonds. The Labute approximate surface area is 187 Å². The van der Waals surface area contributed by atoms with Crippen molar-refractivity contribution in [1.82, 2.24) is 10.2 Å². The molecule has 4 nitrogen and oxygen atoms in total. The molecular weight excluding hydrogens is 427 g/mol. The minimum absolute atomic E-state index is 0.0969. The number of nitrogens with zero attached hydrogens (tertiary/aromatic N) is 1. The van der Waals surface area contributed by atoms with Crippen molar-refractivity contribution in [1.29, 1.82) is 0 Å².